The van der Waals surface area contributed by atoms with E-state index in [4.69, 9.17) is 14.2 Å². The summed E-state index contributed by atoms with van der Waals surface area (Å²) >= 11 is 0. The largest absolute Gasteiger partial charge is 0.462 e. The van der Waals surface area contributed by atoms with Gasteiger partial charge in [0.1, 0.15) is 13.2 Å². The molecule has 0 heterocycles. The molecule has 0 saturated heterocycles. The summed E-state index contributed by atoms with van der Waals surface area (Å²) in [6.07, 6.45) is 59.5. The number of hydrogen-bond donors (Lipinski definition) is 0. The van der Waals surface area contributed by atoms with Gasteiger partial charge in [0.25, 0.3) is 0 Å². The quantitative estimate of drug-likeness (QED) is 0.0343. The Morgan fingerprint density at radius 1 is 0.288 bits per heavy atom. The summed E-state index contributed by atoms with van der Waals surface area (Å²) in [7, 11) is 0. The van der Waals surface area contributed by atoms with E-state index < -0.39 is 6.10 Å². The molecule has 0 aliphatic carbocycles. The van der Waals surface area contributed by atoms with Crippen LogP contribution < -0.4 is 0 Å². The Bertz CT molecular complexity index is 996. The van der Waals surface area contributed by atoms with Crippen LogP contribution in [0.4, 0.5) is 0 Å². The standard InChI is InChI=1S/C60H116O6/c1-5-7-9-11-13-15-17-19-21-24-28-31-35-39-43-47-51-58(61)64-54-57(66-60(63)53-49-45-41-37-33-27-20-18-16-14-12-10-8-6-2)55-65-59(62)52-48-44-40-36-32-29-25-22-23-26-30-34-38-42-46-50-56(3)4/h56-57H,5-55H2,1-4H3/t57-/m0/s1. The number of esters is 3. The molecule has 0 aromatic carbocycles. The van der Waals surface area contributed by atoms with Crippen molar-refractivity contribution in [1.82, 2.24) is 0 Å². The minimum absolute atomic E-state index is 0.0615. The summed E-state index contributed by atoms with van der Waals surface area (Å²) in [5.41, 5.74) is 0. The molecular weight excluding hydrogens is 817 g/mol. The molecule has 6 nitrogen and oxygen atoms in total. The van der Waals surface area contributed by atoms with Gasteiger partial charge in [-0.05, 0) is 25.2 Å². The highest BCUT2D eigenvalue weighted by Crippen LogP contribution is 2.18. The van der Waals surface area contributed by atoms with Crippen molar-refractivity contribution in [2.24, 2.45) is 5.92 Å². The first-order valence-corrected chi connectivity index (χ1v) is 29.9. The lowest BCUT2D eigenvalue weighted by Gasteiger charge is -2.18. The lowest BCUT2D eigenvalue weighted by molar-refractivity contribution is -0.167. The van der Waals surface area contributed by atoms with E-state index in [9.17, 15) is 14.4 Å². The van der Waals surface area contributed by atoms with Crippen molar-refractivity contribution in [3.05, 3.63) is 0 Å². The maximum atomic E-state index is 12.8. The number of ether oxygens (including phenoxy) is 3. The molecule has 0 bridgehead atoms. The maximum Gasteiger partial charge on any atom is 0.306 e. The van der Waals surface area contributed by atoms with Gasteiger partial charge in [-0.15, -0.1) is 0 Å². The van der Waals surface area contributed by atoms with Crippen LogP contribution in [-0.4, -0.2) is 37.2 Å². The van der Waals surface area contributed by atoms with E-state index in [0.717, 1.165) is 63.7 Å². The maximum absolute atomic E-state index is 12.8. The summed E-state index contributed by atoms with van der Waals surface area (Å²) in [6.45, 7) is 9.08. The monoisotopic (exact) mass is 933 g/mol. The van der Waals surface area contributed by atoms with Crippen molar-refractivity contribution in [3.63, 3.8) is 0 Å². The number of hydrogen-bond acceptors (Lipinski definition) is 6. The smallest absolute Gasteiger partial charge is 0.306 e. The summed E-state index contributed by atoms with van der Waals surface area (Å²) in [5.74, 6) is 0.0172. The van der Waals surface area contributed by atoms with Crippen LogP contribution in [0.2, 0.25) is 0 Å². The molecule has 1 atom stereocenters. The molecular formula is C60H116O6. The minimum atomic E-state index is -0.762. The zero-order valence-corrected chi connectivity index (χ0v) is 45.2. The summed E-state index contributed by atoms with van der Waals surface area (Å²) in [5, 5.41) is 0. The molecule has 0 fully saturated rings. The first-order chi connectivity index (χ1) is 32.4. The molecule has 0 radical (unpaired) electrons. The zero-order chi connectivity index (χ0) is 48.1. The van der Waals surface area contributed by atoms with E-state index in [-0.39, 0.29) is 31.1 Å². The van der Waals surface area contributed by atoms with Crippen molar-refractivity contribution < 1.29 is 28.6 Å². The fraction of sp³-hybridized carbons (Fsp3) is 0.950. The van der Waals surface area contributed by atoms with Crippen molar-refractivity contribution in [2.75, 3.05) is 13.2 Å². The Morgan fingerprint density at radius 2 is 0.500 bits per heavy atom. The third-order valence-corrected chi connectivity index (χ3v) is 13.8. The zero-order valence-electron chi connectivity index (χ0n) is 45.2. The van der Waals surface area contributed by atoms with Crippen LogP contribution in [0.15, 0.2) is 0 Å². The summed E-state index contributed by atoms with van der Waals surface area (Å²) in [4.78, 5) is 38.2. The Hall–Kier alpha value is -1.59. The number of carbonyl (C=O) groups excluding carboxylic acids is 3. The second kappa shape index (κ2) is 54.4. The van der Waals surface area contributed by atoms with Gasteiger partial charge >= 0.3 is 17.9 Å². The molecule has 0 rings (SSSR count). The normalized spacial score (nSPS) is 12.0. The highest BCUT2D eigenvalue weighted by molar-refractivity contribution is 5.71. The molecule has 0 aliphatic heterocycles. The van der Waals surface area contributed by atoms with E-state index in [1.807, 2.05) is 0 Å². The van der Waals surface area contributed by atoms with E-state index in [0.29, 0.717) is 19.3 Å². The Kier molecular flexibility index (Phi) is 53.0. The first-order valence-electron chi connectivity index (χ1n) is 29.9. The van der Waals surface area contributed by atoms with E-state index >= 15 is 0 Å². The molecule has 0 unspecified atom stereocenters. The van der Waals surface area contributed by atoms with Crippen molar-refractivity contribution in [1.29, 1.82) is 0 Å². The van der Waals surface area contributed by atoms with Crippen molar-refractivity contribution in [3.8, 4) is 0 Å². The van der Waals surface area contributed by atoms with Crippen molar-refractivity contribution >= 4 is 17.9 Å². The third-order valence-electron chi connectivity index (χ3n) is 13.8. The fourth-order valence-electron chi connectivity index (χ4n) is 9.28. The first kappa shape index (κ1) is 64.4. The van der Waals surface area contributed by atoms with Gasteiger partial charge in [0.2, 0.25) is 0 Å². The van der Waals surface area contributed by atoms with Gasteiger partial charge in [-0.3, -0.25) is 14.4 Å². The van der Waals surface area contributed by atoms with E-state index in [1.165, 1.54) is 238 Å². The molecule has 6 heteroatoms. The molecule has 392 valence electrons. The van der Waals surface area contributed by atoms with Gasteiger partial charge in [-0.25, -0.2) is 0 Å². The van der Waals surface area contributed by atoms with Crippen LogP contribution in [0.25, 0.3) is 0 Å². The molecule has 0 spiro atoms. The summed E-state index contributed by atoms with van der Waals surface area (Å²) in [6, 6.07) is 0. The highest BCUT2D eigenvalue weighted by atomic mass is 16.6. The lowest BCUT2D eigenvalue weighted by Crippen LogP contribution is -2.30. The van der Waals surface area contributed by atoms with Crippen molar-refractivity contribution in [2.45, 2.75) is 348 Å². The van der Waals surface area contributed by atoms with Crippen LogP contribution in [0, 0.1) is 5.92 Å². The minimum Gasteiger partial charge on any atom is -0.462 e. The average Bonchev–Trinajstić information content (AvgIpc) is 3.30. The Morgan fingerprint density at radius 3 is 0.742 bits per heavy atom. The lowest BCUT2D eigenvalue weighted by atomic mass is 10.0. The Balaban J connectivity index is 4.28. The molecule has 0 amide bonds. The van der Waals surface area contributed by atoms with Gasteiger partial charge in [-0.2, -0.15) is 0 Å². The SMILES string of the molecule is CCCCCCCCCCCCCCCCCCC(=O)OC[C@@H](COC(=O)CCCCCCCCCCCCCCCCCC(C)C)OC(=O)CCCCCCCCCCCCCCCC. The Labute approximate surface area is 412 Å². The predicted octanol–water partition coefficient (Wildman–Crippen LogP) is 19.8. The predicted molar refractivity (Wildman–Crippen MR) is 284 cm³/mol. The van der Waals surface area contributed by atoms with Gasteiger partial charge in [0, 0.05) is 19.3 Å². The molecule has 66 heavy (non-hydrogen) atoms. The van der Waals surface area contributed by atoms with Gasteiger partial charge in [0.15, 0.2) is 6.10 Å². The third kappa shape index (κ3) is 53.4. The molecule has 0 aliphatic rings. The molecule has 0 N–H and O–H groups in total. The second-order valence-electron chi connectivity index (χ2n) is 21.1. The molecule has 0 saturated carbocycles. The van der Waals surface area contributed by atoms with Gasteiger partial charge in [-0.1, -0.05) is 304 Å². The summed E-state index contributed by atoms with van der Waals surface area (Å²) < 4.78 is 16.9. The van der Waals surface area contributed by atoms with E-state index in [1.54, 1.807) is 0 Å². The van der Waals surface area contributed by atoms with Crippen LogP contribution in [0.3, 0.4) is 0 Å². The number of carbonyl (C=O) groups is 3. The van der Waals surface area contributed by atoms with E-state index in [2.05, 4.69) is 27.7 Å². The second-order valence-corrected chi connectivity index (χ2v) is 21.1. The van der Waals surface area contributed by atoms with Gasteiger partial charge < -0.3 is 14.2 Å². The molecule has 0 aromatic rings. The number of unbranched alkanes of at least 4 members (excludes halogenated alkanes) is 42. The van der Waals surface area contributed by atoms with Crippen LogP contribution in [-0.2, 0) is 28.6 Å². The molecule has 0 aromatic heterocycles. The highest BCUT2D eigenvalue weighted by Gasteiger charge is 2.19. The van der Waals surface area contributed by atoms with Crippen LogP contribution in [0.1, 0.15) is 342 Å². The number of rotatable bonds is 55. The van der Waals surface area contributed by atoms with Crippen LogP contribution in [0.5, 0.6) is 0 Å². The fourth-order valence-corrected chi connectivity index (χ4v) is 9.28. The van der Waals surface area contributed by atoms with Crippen LogP contribution >= 0.6 is 0 Å². The van der Waals surface area contributed by atoms with Gasteiger partial charge in [0.05, 0.1) is 0 Å². The topological polar surface area (TPSA) is 78.9 Å². The average molecular weight is 934 g/mol.